The van der Waals surface area contributed by atoms with Crippen molar-refractivity contribution in [2.75, 3.05) is 0 Å². The maximum atomic E-state index is 6.19. The number of hydrogen-bond donors (Lipinski definition) is 1. The molecule has 0 aliphatic carbocycles. The minimum atomic E-state index is 0.0895. The molecule has 2 rings (SSSR count). The van der Waals surface area contributed by atoms with Crippen LogP contribution < -0.4 is 5.73 Å². The molecule has 1 aromatic carbocycles. The lowest BCUT2D eigenvalue weighted by Crippen LogP contribution is -2.20. The molecule has 1 heterocycles. The van der Waals surface area contributed by atoms with Gasteiger partial charge in [0.2, 0.25) is 0 Å². The fourth-order valence-corrected chi connectivity index (χ4v) is 2.71. The highest BCUT2D eigenvalue weighted by atomic mass is 16.5. The van der Waals surface area contributed by atoms with E-state index in [-0.39, 0.29) is 11.6 Å². The molecule has 0 radical (unpaired) electrons. The lowest BCUT2D eigenvalue weighted by molar-refractivity contribution is -0.0192. The van der Waals surface area contributed by atoms with Gasteiger partial charge in [0.1, 0.15) is 0 Å². The molecule has 18 heavy (non-hydrogen) atoms. The Morgan fingerprint density at radius 3 is 2.67 bits per heavy atom. The van der Waals surface area contributed by atoms with Gasteiger partial charge in [-0.3, -0.25) is 0 Å². The lowest BCUT2D eigenvalue weighted by Gasteiger charge is -2.19. The van der Waals surface area contributed by atoms with Gasteiger partial charge in [0.15, 0.2) is 0 Å². The van der Waals surface area contributed by atoms with Crippen LogP contribution in [0.15, 0.2) is 30.3 Å². The summed E-state index contributed by atoms with van der Waals surface area (Å²) in [5.41, 5.74) is 7.52. The Bertz CT molecular complexity index is 361. The molecule has 0 aromatic heterocycles. The molecule has 2 nitrogen and oxygen atoms in total. The van der Waals surface area contributed by atoms with Gasteiger partial charge in [-0.2, -0.15) is 0 Å². The molecule has 0 amide bonds. The predicted molar refractivity (Wildman–Crippen MR) is 75.4 cm³/mol. The van der Waals surface area contributed by atoms with E-state index in [0.717, 1.165) is 19.3 Å². The molecule has 100 valence electrons. The van der Waals surface area contributed by atoms with Gasteiger partial charge in [-0.25, -0.2) is 0 Å². The Kier molecular flexibility index (Phi) is 4.41. The third kappa shape index (κ3) is 3.82. The Morgan fingerprint density at radius 2 is 2.06 bits per heavy atom. The first-order chi connectivity index (χ1) is 8.57. The van der Waals surface area contributed by atoms with Crippen LogP contribution >= 0.6 is 0 Å². The molecule has 1 saturated heterocycles. The molecule has 1 aliphatic heterocycles. The molecule has 1 fully saturated rings. The number of hydrogen-bond acceptors (Lipinski definition) is 2. The van der Waals surface area contributed by atoms with Crippen molar-refractivity contribution in [1.29, 1.82) is 0 Å². The first-order valence-electron chi connectivity index (χ1n) is 7.05. The molecule has 2 unspecified atom stereocenters. The van der Waals surface area contributed by atoms with Crippen LogP contribution in [0.3, 0.4) is 0 Å². The first kappa shape index (κ1) is 13.6. The van der Waals surface area contributed by atoms with E-state index in [0.29, 0.717) is 6.10 Å². The van der Waals surface area contributed by atoms with Gasteiger partial charge < -0.3 is 10.5 Å². The monoisotopic (exact) mass is 247 g/mol. The average molecular weight is 247 g/mol. The van der Waals surface area contributed by atoms with E-state index in [2.05, 4.69) is 38.1 Å². The summed E-state index contributed by atoms with van der Waals surface area (Å²) in [5, 5.41) is 0. The molecule has 2 N–H and O–H groups in total. The molecule has 1 aliphatic rings. The summed E-state index contributed by atoms with van der Waals surface area (Å²) in [7, 11) is 0. The van der Waals surface area contributed by atoms with Crippen LogP contribution in [-0.2, 0) is 4.74 Å². The summed E-state index contributed by atoms with van der Waals surface area (Å²) >= 11 is 0. The summed E-state index contributed by atoms with van der Waals surface area (Å²) in [5.74, 6) is 0. The minimum absolute atomic E-state index is 0.0895. The average Bonchev–Trinajstić information content (AvgIpc) is 2.70. The fourth-order valence-electron chi connectivity index (χ4n) is 2.71. The maximum absolute atomic E-state index is 6.19. The zero-order chi connectivity index (χ0) is 13.0. The molecule has 0 saturated carbocycles. The predicted octanol–water partition coefficient (Wildman–Crippen LogP) is 3.81. The SMILES string of the molecule is CC1(C)CCC(CCCC(N)c2ccccc2)O1. The van der Waals surface area contributed by atoms with Crippen LogP contribution in [0.1, 0.15) is 57.6 Å². The third-order valence-electron chi connectivity index (χ3n) is 3.82. The van der Waals surface area contributed by atoms with Gasteiger partial charge in [0.05, 0.1) is 11.7 Å². The minimum Gasteiger partial charge on any atom is -0.372 e. The summed E-state index contributed by atoms with van der Waals surface area (Å²) in [6, 6.07) is 10.5. The number of ether oxygens (including phenoxy) is 1. The van der Waals surface area contributed by atoms with Crippen molar-refractivity contribution in [3.63, 3.8) is 0 Å². The second-order valence-corrected chi connectivity index (χ2v) is 5.99. The van der Waals surface area contributed by atoms with Gasteiger partial charge in [-0.1, -0.05) is 30.3 Å². The van der Waals surface area contributed by atoms with E-state index in [9.17, 15) is 0 Å². The topological polar surface area (TPSA) is 35.2 Å². The molecule has 0 spiro atoms. The molecular formula is C16H25NO. The van der Waals surface area contributed by atoms with Gasteiger partial charge in [-0.05, 0) is 51.5 Å². The zero-order valence-electron chi connectivity index (χ0n) is 11.6. The largest absolute Gasteiger partial charge is 0.372 e. The van der Waals surface area contributed by atoms with Crippen molar-refractivity contribution in [2.45, 2.75) is 63.7 Å². The van der Waals surface area contributed by atoms with Crippen molar-refractivity contribution >= 4 is 0 Å². The highest BCUT2D eigenvalue weighted by Crippen LogP contribution is 2.32. The van der Waals surface area contributed by atoms with E-state index >= 15 is 0 Å². The maximum Gasteiger partial charge on any atom is 0.0631 e. The van der Waals surface area contributed by atoms with E-state index in [4.69, 9.17) is 10.5 Å². The number of nitrogens with two attached hydrogens (primary N) is 1. The Hall–Kier alpha value is -0.860. The summed E-state index contributed by atoms with van der Waals surface area (Å²) in [6.45, 7) is 4.37. The van der Waals surface area contributed by atoms with Gasteiger partial charge in [0.25, 0.3) is 0 Å². The summed E-state index contributed by atoms with van der Waals surface area (Å²) in [6.07, 6.45) is 6.17. The number of benzene rings is 1. The Labute approximate surface area is 111 Å². The second-order valence-electron chi connectivity index (χ2n) is 5.99. The third-order valence-corrected chi connectivity index (χ3v) is 3.82. The molecular weight excluding hydrogens is 222 g/mol. The molecule has 0 bridgehead atoms. The number of rotatable bonds is 5. The van der Waals surface area contributed by atoms with Crippen molar-refractivity contribution in [3.8, 4) is 0 Å². The lowest BCUT2D eigenvalue weighted by atomic mass is 9.99. The van der Waals surface area contributed by atoms with Crippen molar-refractivity contribution in [3.05, 3.63) is 35.9 Å². The second kappa shape index (κ2) is 5.85. The smallest absolute Gasteiger partial charge is 0.0631 e. The Balaban J connectivity index is 1.70. The quantitative estimate of drug-likeness (QED) is 0.858. The van der Waals surface area contributed by atoms with Gasteiger partial charge in [-0.15, -0.1) is 0 Å². The molecule has 2 heteroatoms. The summed E-state index contributed by atoms with van der Waals surface area (Å²) in [4.78, 5) is 0. The fraction of sp³-hybridized carbons (Fsp3) is 0.625. The normalized spacial score (nSPS) is 24.1. The summed E-state index contributed by atoms with van der Waals surface area (Å²) < 4.78 is 6.00. The van der Waals surface area contributed by atoms with E-state index in [1.54, 1.807) is 0 Å². The van der Waals surface area contributed by atoms with Crippen LogP contribution in [0.25, 0.3) is 0 Å². The molecule has 1 aromatic rings. The van der Waals surface area contributed by atoms with Crippen molar-refractivity contribution in [1.82, 2.24) is 0 Å². The van der Waals surface area contributed by atoms with E-state index in [1.807, 2.05) is 6.07 Å². The van der Waals surface area contributed by atoms with Crippen molar-refractivity contribution < 1.29 is 4.74 Å². The van der Waals surface area contributed by atoms with Crippen LogP contribution in [-0.4, -0.2) is 11.7 Å². The van der Waals surface area contributed by atoms with Crippen LogP contribution in [0, 0.1) is 0 Å². The van der Waals surface area contributed by atoms with Crippen LogP contribution in [0.5, 0.6) is 0 Å². The van der Waals surface area contributed by atoms with E-state index < -0.39 is 0 Å². The molecule has 2 atom stereocenters. The van der Waals surface area contributed by atoms with Gasteiger partial charge in [0, 0.05) is 6.04 Å². The highest BCUT2D eigenvalue weighted by Gasteiger charge is 2.31. The standard InChI is InChI=1S/C16H25NO/c1-16(2)12-11-14(18-16)9-6-10-15(17)13-7-4-3-5-8-13/h3-5,7-8,14-15H,6,9-12,17H2,1-2H3. The van der Waals surface area contributed by atoms with Crippen LogP contribution in [0.4, 0.5) is 0 Å². The van der Waals surface area contributed by atoms with Crippen LogP contribution in [0.2, 0.25) is 0 Å². The van der Waals surface area contributed by atoms with E-state index in [1.165, 1.54) is 18.4 Å². The zero-order valence-corrected chi connectivity index (χ0v) is 11.6. The van der Waals surface area contributed by atoms with Crippen molar-refractivity contribution in [2.24, 2.45) is 5.73 Å². The highest BCUT2D eigenvalue weighted by molar-refractivity contribution is 5.18. The first-order valence-corrected chi connectivity index (χ1v) is 7.05. The Morgan fingerprint density at radius 1 is 1.33 bits per heavy atom. The van der Waals surface area contributed by atoms with Gasteiger partial charge >= 0.3 is 0 Å².